The van der Waals surface area contributed by atoms with Crippen molar-refractivity contribution in [2.24, 2.45) is 0 Å². The van der Waals surface area contributed by atoms with Gasteiger partial charge in [-0.05, 0) is 42.2 Å². The van der Waals surface area contributed by atoms with E-state index in [0.29, 0.717) is 5.75 Å². The topological polar surface area (TPSA) is 71.5 Å². The van der Waals surface area contributed by atoms with Crippen molar-refractivity contribution in [1.82, 2.24) is 4.98 Å². The fourth-order valence-electron chi connectivity index (χ4n) is 2.01. The summed E-state index contributed by atoms with van der Waals surface area (Å²) in [5, 5.41) is 12.2. The van der Waals surface area contributed by atoms with Crippen molar-refractivity contribution in [1.29, 1.82) is 0 Å². The minimum Gasteiger partial charge on any atom is -0.504 e. The number of benzene rings is 1. The van der Waals surface area contributed by atoms with Gasteiger partial charge in [-0.3, -0.25) is 4.79 Å². The quantitative estimate of drug-likeness (QED) is 0.906. The van der Waals surface area contributed by atoms with E-state index in [-0.39, 0.29) is 22.9 Å². The normalized spacial score (nSPS) is 12.5. The second-order valence-electron chi connectivity index (χ2n) is 6.40. The Balaban J connectivity index is 2.05. The molecule has 0 aliphatic heterocycles. The Morgan fingerprint density at radius 1 is 1.26 bits per heavy atom. The molecular formula is C18H22N2O3. The number of amides is 1. The summed E-state index contributed by atoms with van der Waals surface area (Å²) < 4.78 is 5.70. The summed E-state index contributed by atoms with van der Waals surface area (Å²) in [7, 11) is 0. The van der Waals surface area contributed by atoms with Gasteiger partial charge in [0.05, 0.1) is 0 Å². The van der Waals surface area contributed by atoms with E-state index < -0.39 is 6.10 Å². The Morgan fingerprint density at radius 2 is 2.00 bits per heavy atom. The summed E-state index contributed by atoms with van der Waals surface area (Å²) >= 11 is 0. The lowest BCUT2D eigenvalue weighted by atomic mass is 9.87. The van der Waals surface area contributed by atoms with Gasteiger partial charge in [-0.2, -0.15) is 0 Å². The van der Waals surface area contributed by atoms with Crippen LogP contribution in [0.15, 0.2) is 42.6 Å². The lowest BCUT2D eigenvalue weighted by Gasteiger charge is -2.21. The van der Waals surface area contributed by atoms with E-state index in [1.807, 2.05) is 24.3 Å². The maximum atomic E-state index is 12.2. The van der Waals surface area contributed by atoms with Gasteiger partial charge in [-0.1, -0.05) is 32.9 Å². The Kier molecular flexibility index (Phi) is 4.89. The molecule has 122 valence electrons. The minimum absolute atomic E-state index is 0.00458. The Labute approximate surface area is 136 Å². The number of hydrogen-bond donors (Lipinski definition) is 2. The number of anilines is 1. The number of aromatic nitrogens is 1. The van der Waals surface area contributed by atoms with Gasteiger partial charge in [0.25, 0.3) is 5.91 Å². The highest BCUT2D eigenvalue weighted by Gasteiger charge is 2.18. The van der Waals surface area contributed by atoms with Crippen LogP contribution in [0, 0.1) is 0 Å². The predicted octanol–water partition coefficient (Wildman–Crippen LogP) is 3.49. The van der Waals surface area contributed by atoms with Crippen LogP contribution in [-0.4, -0.2) is 22.1 Å². The van der Waals surface area contributed by atoms with Crippen LogP contribution in [0.3, 0.4) is 0 Å². The summed E-state index contributed by atoms with van der Waals surface area (Å²) in [5.41, 5.74) is 1.13. The fraction of sp³-hybridized carbons (Fsp3) is 0.333. The molecule has 0 saturated carbocycles. The van der Waals surface area contributed by atoms with Crippen molar-refractivity contribution < 1.29 is 14.6 Å². The molecule has 0 radical (unpaired) electrons. The van der Waals surface area contributed by atoms with Gasteiger partial charge in [0.1, 0.15) is 5.75 Å². The highest BCUT2D eigenvalue weighted by molar-refractivity contribution is 5.94. The van der Waals surface area contributed by atoms with Gasteiger partial charge >= 0.3 is 0 Å². The van der Waals surface area contributed by atoms with E-state index >= 15 is 0 Å². The van der Waals surface area contributed by atoms with Gasteiger partial charge in [-0.15, -0.1) is 0 Å². The zero-order valence-corrected chi connectivity index (χ0v) is 13.8. The standard InChI is InChI=1S/C18H22N2O3/c1-12(17(22)20-16-15(21)9-6-10-19-16)23-14-8-5-7-13(11-14)18(2,3)4/h5-12,21H,1-4H3,(H,19,20,22)/t12-/m1/s1. The molecule has 0 unspecified atom stereocenters. The maximum absolute atomic E-state index is 12.2. The van der Waals surface area contributed by atoms with Crippen LogP contribution in [0.5, 0.6) is 11.5 Å². The maximum Gasteiger partial charge on any atom is 0.266 e. The molecular weight excluding hydrogens is 292 g/mol. The van der Waals surface area contributed by atoms with E-state index in [0.717, 1.165) is 5.56 Å². The molecule has 2 rings (SSSR count). The van der Waals surface area contributed by atoms with Crippen molar-refractivity contribution in [3.63, 3.8) is 0 Å². The number of nitrogens with one attached hydrogen (secondary N) is 1. The molecule has 1 heterocycles. The van der Waals surface area contributed by atoms with E-state index in [9.17, 15) is 9.90 Å². The van der Waals surface area contributed by atoms with E-state index in [4.69, 9.17) is 4.74 Å². The average molecular weight is 314 g/mol. The zero-order chi connectivity index (χ0) is 17.0. The number of pyridine rings is 1. The van der Waals surface area contributed by atoms with Crippen LogP contribution in [-0.2, 0) is 10.2 Å². The molecule has 2 aromatic rings. The van der Waals surface area contributed by atoms with Crippen LogP contribution in [0.2, 0.25) is 0 Å². The smallest absolute Gasteiger partial charge is 0.266 e. The van der Waals surface area contributed by atoms with Gasteiger partial charge in [0.2, 0.25) is 0 Å². The lowest BCUT2D eigenvalue weighted by Crippen LogP contribution is -2.30. The molecule has 0 fully saturated rings. The first-order valence-electron chi connectivity index (χ1n) is 7.49. The molecule has 0 bridgehead atoms. The van der Waals surface area contributed by atoms with E-state index in [2.05, 4.69) is 31.1 Å². The Hall–Kier alpha value is -2.56. The summed E-state index contributed by atoms with van der Waals surface area (Å²) in [4.78, 5) is 16.1. The number of aromatic hydroxyl groups is 1. The Bertz CT molecular complexity index is 693. The molecule has 5 heteroatoms. The molecule has 1 atom stereocenters. The molecule has 0 spiro atoms. The van der Waals surface area contributed by atoms with Crippen molar-refractivity contribution in [2.45, 2.75) is 39.2 Å². The molecule has 2 N–H and O–H groups in total. The molecule has 1 aromatic heterocycles. The molecule has 23 heavy (non-hydrogen) atoms. The van der Waals surface area contributed by atoms with Crippen molar-refractivity contribution >= 4 is 11.7 Å². The fourth-order valence-corrected chi connectivity index (χ4v) is 2.01. The first kappa shape index (κ1) is 16.8. The van der Waals surface area contributed by atoms with E-state index in [1.54, 1.807) is 13.0 Å². The summed E-state index contributed by atoms with van der Waals surface area (Å²) in [6, 6.07) is 10.7. The zero-order valence-electron chi connectivity index (χ0n) is 13.8. The Morgan fingerprint density at radius 3 is 2.65 bits per heavy atom. The number of carbonyl (C=O) groups is 1. The second kappa shape index (κ2) is 6.69. The largest absolute Gasteiger partial charge is 0.504 e. The predicted molar refractivity (Wildman–Crippen MR) is 89.8 cm³/mol. The molecule has 1 aromatic carbocycles. The highest BCUT2D eigenvalue weighted by Crippen LogP contribution is 2.26. The van der Waals surface area contributed by atoms with Crippen LogP contribution < -0.4 is 10.1 Å². The van der Waals surface area contributed by atoms with Crippen LogP contribution in [0.1, 0.15) is 33.3 Å². The van der Waals surface area contributed by atoms with Crippen molar-refractivity contribution in [2.75, 3.05) is 5.32 Å². The first-order valence-corrected chi connectivity index (χ1v) is 7.49. The summed E-state index contributed by atoms with van der Waals surface area (Å²) in [6.45, 7) is 8.00. The number of nitrogens with zero attached hydrogens (tertiary/aromatic N) is 1. The van der Waals surface area contributed by atoms with Gasteiger partial charge in [0.15, 0.2) is 17.7 Å². The number of ether oxygens (including phenoxy) is 1. The third-order valence-electron chi connectivity index (χ3n) is 3.41. The van der Waals surface area contributed by atoms with Crippen molar-refractivity contribution in [3.05, 3.63) is 48.2 Å². The monoisotopic (exact) mass is 314 g/mol. The van der Waals surface area contributed by atoms with E-state index in [1.165, 1.54) is 12.3 Å². The molecule has 5 nitrogen and oxygen atoms in total. The highest BCUT2D eigenvalue weighted by atomic mass is 16.5. The van der Waals surface area contributed by atoms with Gasteiger partial charge < -0.3 is 15.2 Å². The van der Waals surface area contributed by atoms with Gasteiger partial charge in [0, 0.05) is 6.20 Å². The SMILES string of the molecule is C[C@@H](Oc1cccc(C(C)(C)C)c1)C(=O)Nc1ncccc1O. The van der Waals surface area contributed by atoms with Gasteiger partial charge in [-0.25, -0.2) is 4.98 Å². The summed E-state index contributed by atoms with van der Waals surface area (Å²) in [6.07, 6.45) is 0.778. The van der Waals surface area contributed by atoms with Crippen LogP contribution in [0.4, 0.5) is 5.82 Å². The van der Waals surface area contributed by atoms with Crippen LogP contribution in [0.25, 0.3) is 0 Å². The van der Waals surface area contributed by atoms with Crippen LogP contribution >= 0.6 is 0 Å². The summed E-state index contributed by atoms with van der Waals surface area (Å²) in [5.74, 6) is 0.296. The molecule has 0 aliphatic rings. The minimum atomic E-state index is -0.716. The first-order chi connectivity index (χ1) is 10.8. The third kappa shape index (κ3) is 4.45. The third-order valence-corrected chi connectivity index (χ3v) is 3.41. The number of hydrogen-bond acceptors (Lipinski definition) is 4. The number of carbonyl (C=O) groups excluding carboxylic acids is 1. The molecule has 0 saturated heterocycles. The molecule has 0 aliphatic carbocycles. The lowest BCUT2D eigenvalue weighted by molar-refractivity contribution is -0.122. The second-order valence-corrected chi connectivity index (χ2v) is 6.40. The molecule has 1 amide bonds. The van der Waals surface area contributed by atoms with Crippen molar-refractivity contribution in [3.8, 4) is 11.5 Å². The number of rotatable bonds is 4. The average Bonchev–Trinajstić information content (AvgIpc) is 2.49.